The lowest BCUT2D eigenvalue weighted by atomic mass is 10.0. The molecule has 0 aromatic heterocycles. The Kier molecular flexibility index (Phi) is 21.5. The fraction of sp³-hybridized carbons (Fsp3) is 0.515. The van der Waals surface area contributed by atoms with Gasteiger partial charge in [-0.15, -0.1) is 0 Å². The van der Waals surface area contributed by atoms with Crippen LogP contribution >= 0.6 is 0 Å². The van der Waals surface area contributed by atoms with Crippen LogP contribution in [0.15, 0.2) is 30.3 Å². The molecule has 0 radical (unpaired) electrons. The van der Waals surface area contributed by atoms with Gasteiger partial charge in [0, 0.05) is 6.42 Å². The van der Waals surface area contributed by atoms with Crippen molar-refractivity contribution in [3.05, 3.63) is 35.9 Å². The first-order valence-electron chi connectivity index (χ1n) is 17.3. The first-order chi connectivity index (χ1) is 27.2. The summed E-state index contributed by atoms with van der Waals surface area (Å²) < 4.78 is 0. The summed E-state index contributed by atoms with van der Waals surface area (Å²) in [5.74, 6) is -11.9. The Morgan fingerprint density at radius 2 is 1.03 bits per heavy atom. The zero-order chi connectivity index (χ0) is 44.1. The minimum absolute atomic E-state index is 0.255. The predicted molar refractivity (Wildman–Crippen MR) is 194 cm³/mol. The largest absolute Gasteiger partial charge is 0.481 e. The van der Waals surface area contributed by atoms with Crippen LogP contribution in [0.5, 0.6) is 0 Å². The molecule has 25 nitrogen and oxygen atoms in total. The summed E-state index contributed by atoms with van der Waals surface area (Å²) in [6.07, 6.45) is -4.60. The van der Waals surface area contributed by atoms with Gasteiger partial charge >= 0.3 is 11.9 Å². The molecule has 0 heterocycles. The van der Waals surface area contributed by atoms with Crippen molar-refractivity contribution in [1.29, 1.82) is 0 Å². The van der Waals surface area contributed by atoms with Gasteiger partial charge in [0.1, 0.15) is 30.2 Å². The second kappa shape index (κ2) is 25.1. The SMILES string of the molecule is C[C@@H](O)[C@H](NC(=O)[C@H](Cc1ccccc1)NC(=O)[C@H](CC(=O)O)NC(=O)[C@@H](NC(=O)CNC(=O)[C@H](CO)NC(=O)CNC(=O)[C@H](CO)NC(=O)CN)[C@@H](C)O)C(=O)O. The predicted octanol–water partition coefficient (Wildman–Crippen LogP) is -8.37. The maximum atomic E-state index is 13.4. The van der Waals surface area contributed by atoms with Crippen LogP contribution in [-0.4, -0.2) is 171 Å². The highest BCUT2D eigenvalue weighted by Crippen LogP contribution is 2.07. The Bertz CT molecular complexity index is 1630. The molecule has 0 spiro atoms. The summed E-state index contributed by atoms with van der Waals surface area (Å²) in [5.41, 5.74) is 5.60. The molecule has 0 saturated heterocycles. The number of nitrogens with one attached hydrogen (secondary N) is 8. The summed E-state index contributed by atoms with van der Waals surface area (Å²) >= 11 is 0. The van der Waals surface area contributed by atoms with E-state index in [1.54, 1.807) is 30.3 Å². The number of benzene rings is 1. The van der Waals surface area contributed by atoms with Crippen molar-refractivity contribution in [3.8, 4) is 0 Å². The van der Waals surface area contributed by atoms with Crippen LogP contribution in [-0.2, 0) is 54.4 Å². The Labute approximate surface area is 329 Å². The number of nitrogens with two attached hydrogens (primary N) is 1. The van der Waals surface area contributed by atoms with Crippen LogP contribution in [0, 0.1) is 0 Å². The second-order valence-corrected chi connectivity index (χ2v) is 12.5. The summed E-state index contributed by atoms with van der Waals surface area (Å²) in [7, 11) is 0. The molecule has 16 N–H and O–H groups in total. The molecule has 58 heavy (non-hydrogen) atoms. The zero-order valence-electron chi connectivity index (χ0n) is 31.3. The standard InChI is InChI=1S/C33H49N9O16/c1-15(45)26(41-24(49)12-36-29(53)21(14-44)38-23(48)11-35-28(52)20(13-43)37-22(47)10-34)32(56)40-19(9-25(50)51)30(54)39-18(8-17-6-4-3-5-7-17)31(55)42-27(16(2)46)33(57)58/h3-7,15-16,18-21,26-27,43-46H,8-14,34H2,1-2H3,(H,35,52)(H,36,53)(H,37,47)(H,38,48)(H,39,54)(H,40,56)(H,41,49)(H,42,55)(H,50,51)(H,57,58)/t15-,16-,18+,19+,20+,21+,26+,27+/m1/s1. The molecule has 0 bridgehead atoms. The van der Waals surface area contributed by atoms with Gasteiger partial charge in [-0.3, -0.25) is 43.2 Å². The van der Waals surface area contributed by atoms with Gasteiger partial charge in [-0.1, -0.05) is 30.3 Å². The average Bonchev–Trinajstić information content (AvgIpc) is 3.17. The molecule has 8 amide bonds. The minimum atomic E-state index is -1.95. The number of hydrogen-bond acceptors (Lipinski definition) is 15. The van der Waals surface area contributed by atoms with Crippen molar-refractivity contribution in [2.24, 2.45) is 5.73 Å². The van der Waals surface area contributed by atoms with Crippen LogP contribution in [0.4, 0.5) is 0 Å². The third-order valence-electron chi connectivity index (χ3n) is 7.76. The number of carboxylic acid groups (broad SMARTS) is 2. The van der Waals surface area contributed by atoms with Gasteiger partial charge < -0.3 is 78.9 Å². The van der Waals surface area contributed by atoms with E-state index in [1.807, 2.05) is 0 Å². The highest BCUT2D eigenvalue weighted by atomic mass is 16.4. The van der Waals surface area contributed by atoms with E-state index in [1.165, 1.54) is 0 Å². The van der Waals surface area contributed by atoms with E-state index in [9.17, 15) is 78.6 Å². The maximum Gasteiger partial charge on any atom is 0.328 e. The Morgan fingerprint density at radius 3 is 1.48 bits per heavy atom. The molecule has 0 aliphatic rings. The molecule has 0 unspecified atom stereocenters. The summed E-state index contributed by atoms with van der Waals surface area (Å²) in [6, 6.07) is -2.32. The Balaban J connectivity index is 2.99. The van der Waals surface area contributed by atoms with E-state index in [-0.39, 0.29) is 6.42 Å². The number of hydrogen-bond donors (Lipinski definition) is 15. The fourth-order valence-electron chi connectivity index (χ4n) is 4.72. The lowest BCUT2D eigenvalue weighted by Crippen LogP contribution is -2.61. The van der Waals surface area contributed by atoms with Crippen LogP contribution in [0.3, 0.4) is 0 Å². The highest BCUT2D eigenvalue weighted by molar-refractivity contribution is 5.98. The lowest BCUT2D eigenvalue weighted by Gasteiger charge is -2.26. The minimum Gasteiger partial charge on any atom is -0.481 e. The molecule has 0 fully saturated rings. The fourth-order valence-corrected chi connectivity index (χ4v) is 4.72. The van der Waals surface area contributed by atoms with Crippen LogP contribution in [0.2, 0.25) is 0 Å². The molecule has 0 aliphatic carbocycles. The van der Waals surface area contributed by atoms with Crippen molar-refractivity contribution in [1.82, 2.24) is 42.5 Å². The molecule has 1 aromatic rings. The number of aliphatic hydroxyl groups is 4. The lowest BCUT2D eigenvalue weighted by molar-refractivity contribution is -0.145. The van der Waals surface area contributed by atoms with Crippen molar-refractivity contribution < 1.29 is 78.6 Å². The molecular weight excluding hydrogens is 778 g/mol. The topological polar surface area (TPSA) is 414 Å². The molecule has 1 aromatic carbocycles. The first-order valence-corrected chi connectivity index (χ1v) is 17.3. The third-order valence-corrected chi connectivity index (χ3v) is 7.76. The second-order valence-electron chi connectivity index (χ2n) is 12.5. The van der Waals surface area contributed by atoms with Crippen LogP contribution in [0.25, 0.3) is 0 Å². The number of carbonyl (C=O) groups excluding carboxylic acids is 8. The molecule has 322 valence electrons. The van der Waals surface area contributed by atoms with Crippen molar-refractivity contribution >= 4 is 59.2 Å². The third kappa shape index (κ3) is 17.7. The van der Waals surface area contributed by atoms with E-state index in [2.05, 4.69) is 42.5 Å². The number of amides is 8. The normalized spacial score (nSPS) is 14.9. The van der Waals surface area contributed by atoms with Crippen LogP contribution < -0.4 is 48.3 Å². The summed E-state index contributed by atoms with van der Waals surface area (Å²) in [4.78, 5) is 124. The summed E-state index contributed by atoms with van der Waals surface area (Å²) in [6.45, 7) is -1.88. The van der Waals surface area contributed by atoms with Gasteiger partial charge in [-0.05, 0) is 19.4 Å². The van der Waals surface area contributed by atoms with Crippen molar-refractivity contribution in [2.45, 2.75) is 75.1 Å². The Morgan fingerprint density at radius 1 is 0.569 bits per heavy atom. The molecule has 0 aliphatic heterocycles. The number of rotatable bonds is 25. The van der Waals surface area contributed by atoms with E-state index < -0.39 is 147 Å². The average molecular weight is 828 g/mol. The summed E-state index contributed by atoms with van der Waals surface area (Å²) in [5, 5.41) is 74.6. The zero-order valence-corrected chi connectivity index (χ0v) is 31.3. The Hall–Kier alpha value is -6.28. The monoisotopic (exact) mass is 827 g/mol. The first kappa shape index (κ1) is 49.7. The number of carbonyl (C=O) groups is 10. The van der Waals surface area contributed by atoms with Gasteiger partial charge in [0.25, 0.3) is 0 Å². The molecule has 0 saturated carbocycles. The van der Waals surface area contributed by atoms with Gasteiger partial charge in [-0.2, -0.15) is 0 Å². The van der Waals surface area contributed by atoms with Gasteiger partial charge in [-0.25, -0.2) is 4.79 Å². The number of aliphatic hydroxyl groups excluding tert-OH is 4. The van der Waals surface area contributed by atoms with Gasteiger partial charge in [0.05, 0.1) is 51.5 Å². The highest BCUT2D eigenvalue weighted by Gasteiger charge is 2.35. The molecule has 25 heteroatoms. The number of aliphatic carboxylic acids is 2. The van der Waals surface area contributed by atoms with Crippen molar-refractivity contribution in [2.75, 3.05) is 32.8 Å². The molecular formula is C33H49N9O16. The van der Waals surface area contributed by atoms with E-state index in [0.29, 0.717) is 5.56 Å². The number of carboxylic acids is 2. The quantitative estimate of drug-likeness (QED) is 0.0435. The molecule has 1 rings (SSSR count). The van der Waals surface area contributed by atoms with E-state index in [0.717, 1.165) is 13.8 Å². The van der Waals surface area contributed by atoms with Gasteiger partial charge in [0.2, 0.25) is 47.3 Å². The van der Waals surface area contributed by atoms with E-state index >= 15 is 0 Å². The van der Waals surface area contributed by atoms with Crippen molar-refractivity contribution in [3.63, 3.8) is 0 Å². The maximum absolute atomic E-state index is 13.4. The van der Waals surface area contributed by atoms with E-state index in [4.69, 9.17) is 5.73 Å². The van der Waals surface area contributed by atoms with Gasteiger partial charge in [0.15, 0.2) is 6.04 Å². The van der Waals surface area contributed by atoms with Crippen LogP contribution in [0.1, 0.15) is 25.8 Å². The molecule has 8 atom stereocenters. The smallest absolute Gasteiger partial charge is 0.328 e.